The van der Waals surface area contributed by atoms with Crippen LogP contribution in [0.15, 0.2) is 29.6 Å². The molecule has 108 valence electrons. The summed E-state index contributed by atoms with van der Waals surface area (Å²) < 4.78 is 5.51. The minimum Gasteiger partial charge on any atom is -0.486 e. The minimum atomic E-state index is -0.503. The van der Waals surface area contributed by atoms with Crippen LogP contribution >= 0.6 is 22.9 Å². The van der Waals surface area contributed by atoms with Crippen LogP contribution in [0.3, 0.4) is 0 Å². The number of hydrogen-bond acceptors (Lipinski definition) is 5. The summed E-state index contributed by atoms with van der Waals surface area (Å²) in [5.74, 6) is 5.61. The second-order valence-corrected chi connectivity index (χ2v) is 5.33. The highest BCUT2D eigenvalue weighted by atomic mass is 35.5. The lowest BCUT2D eigenvalue weighted by atomic mass is 10.3. The number of rotatable bonds is 4. The van der Waals surface area contributed by atoms with Crippen LogP contribution in [0.1, 0.15) is 10.4 Å². The molecule has 0 amide bonds. The quantitative estimate of drug-likeness (QED) is 0.532. The number of ether oxygens (including phenoxy) is 1. The van der Waals surface area contributed by atoms with Crippen molar-refractivity contribution in [2.45, 2.75) is 6.61 Å². The first kappa shape index (κ1) is 15.3. The van der Waals surface area contributed by atoms with E-state index in [-0.39, 0.29) is 24.7 Å². The largest absolute Gasteiger partial charge is 0.486 e. The molecule has 0 spiro atoms. The Hall–Kier alpha value is -2.07. The van der Waals surface area contributed by atoms with Gasteiger partial charge in [-0.3, -0.25) is 10.1 Å². The van der Waals surface area contributed by atoms with Gasteiger partial charge >= 0.3 is 0 Å². The lowest BCUT2D eigenvalue weighted by molar-refractivity contribution is -0.384. The molecule has 0 saturated carbocycles. The first-order chi connectivity index (χ1) is 10.1. The first-order valence-corrected chi connectivity index (χ1v) is 7.10. The van der Waals surface area contributed by atoms with Gasteiger partial charge in [0.2, 0.25) is 0 Å². The number of benzene rings is 1. The van der Waals surface area contributed by atoms with Crippen LogP contribution in [-0.4, -0.2) is 16.6 Å². The first-order valence-electron chi connectivity index (χ1n) is 5.84. The van der Waals surface area contributed by atoms with E-state index in [0.717, 1.165) is 10.4 Å². The Bertz CT molecular complexity index is 717. The fraction of sp³-hybridized carbons (Fsp3) is 0.143. The molecule has 0 atom stereocenters. The summed E-state index contributed by atoms with van der Waals surface area (Å²) in [6, 6.07) is 5.88. The van der Waals surface area contributed by atoms with Crippen molar-refractivity contribution in [3.63, 3.8) is 0 Å². The molecule has 0 unspecified atom stereocenters. The third-order valence-corrected chi connectivity index (χ3v) is 3.68. The Kier molecular flexibility index (Phi) is 5.17. The van der Waals surface area contributed by atoms with Crippen LogP contribution in [0, 0.1) is 22.0 Å². The summed E-state index contributed by atoms with van der Waals surface area (Å²) >= 11 is 7.40. The van der Waals surface area contributed by atoms with Crippen molar-refractivity contribution in [3.05, 3.63) is 55.2 Å². The summed E-state index contributed by atoms with van der Waals surface area (Å²) in [5.41, 5.74) is 0.716. The molecule has 2 aromatic rings. The van der Waals surface area contributed by atoms with Gasteiger partial charge in [0.05, 0.1) is 16.0 Å². The standard InChI is InChI=1S/C14H10ClNO4S/c15-13-4-3-11(16(18)19)7-14(13)20-8-12-6-10(9-21-12)2-1-5-17/h3-4,6-7,9,17H,5,8H2. The summed E-state index contributed by atoms with van der Waals surface area (Å²) in [6.45, 7) is 0.0529. The normalized spacial score (nSPS) is 9.81. The van der Waals surface area contributed by atoms with E-state index in [1.807, 2.05) is 11.4 Å². The van der Waals surface area contributed by atoms with E-state index < -0.39 is 4.92 Å². The van der Waals surface area contributed by atoms with Gasteiger partial charge in [-0.05, 0) is 12.1 Å². The van der Waals surface area contributed by atoms with Crippen molar-refractivity contribution in [1.29, 1.82) is 0 Å². The lowest BCUT2D eigenvalue weighted by Gasteiger charge is -2.06. The third kappa shape index (κ3) is 4.20. The minimum absolute atomic E-state index is 0.0740. The van der Waals surface area contributed by atoms with Crippen LogP contribution in [0.2, 0.25) is 5.02 Å². The van der Waals surface area contributed by atoms with Crippen LogP contribution < -0.4 is 4.74 Å². The van der Waals surface area contributed by atoms with Crippen LogP contribution in [0.25, 0.3) is 0 Å². The Morgan fingerprint density at radius 3 is 2.95 bits per heavy atom. The number of non-ortho nitro benzene ring substituents is 1. The van der Waals surface area contributed by atoms with Crippen molar-refractivity contribution >= 4 is 28.6 Å². The van der Waals surface area contributed by atoms with Crippen LogP contribution in [-0.2, 0) is 6.61 Å². The molecule has 0 radical (unpaired) electrons. The molecule has 2 rings (SSSR count). The molecule has 1 N–H and O–H groups in total. The predicted octanol–water partition coefficient (Wildman–Crippen LogP) is 3.23. The molecule has 0 aliphatic carbocycles. The molecule has 0 aliphatic heterocycles. The van der Waals surface area contributed by atoms with Crippen LogP contribution in [0.5, 0.6) is 5.75 Å². The van der Waals surface area contributed by atoms with Crippen molar-refractivity contribution in [2.75, 3.05) is 6.61 Å². The predicted molar refractivity (Wildman–Crippen MR) is 80.7 cm³/mol. The third-order valence-electron chi connectivity index (χ3n) is 2.46. The van der Waals surface area contributed by atoms with E-state index in [1.165, 1.54) is 29.5 Å². The zero-order chi connectivity index (χ0) is 15.2. The van der Waals surface area contributed by atoms with E-state index >= 15 is 0 Å². The maximum Gasteiger partial charge on any atom is 0.273 e. The lowest BCUT2D eigenvalue weighted by Crippen LogP contribution is -1.95. The monoisotopic (exact) mass is 323 g/mol. The van der Waals surface area contributed by atoms with Gasteiger partial charge in [-0.1, -0.05) is 23.4 Å². The fourth-order valence-corrected chi connectivity index (χ4v) is 2.43. The SMILES string of the molecule is O=[N+]([O-])c1ccc(Cl)c(OCc2cc(C#CCO)cs2)c1. The highest BCUT2D eigenvalue weighted by Crippen LogP contribution is 2.30. The Morgan fingerprint density at radius 1 is 1.43 bits per heavy atom. The van der Waals surface area contributed by atoms with Gasteiger partial charge in [0.15, 0.2) is 0 Å². The molecule has 0 bridgehead atoms. The smallest absolute Gasteiger partial charge is 0.273 e. The molecule has 1 aromatic heterocycles. The maximum absolute atomic E-state index is 10.7. The Labute approximate surface area is 129 Å². The number of halogens is 1. The topological polar surface area (TPSA) is 72.6 Å². The summed E-state index contributed by atoms with van der Waals surface area (Å²) in [5, 5.41) is 21.5. The Morgan fingerprint density at radius 2 is 2.24 bits per heavy atom. The molecule has 0 saturated heterocycles. The summed E-state index contributed by atoms with van der Waals surface area (Å²) in [4.78, 5) is 11.1. The highest BCUT2D eigenvalue weighted by Gasteiger charge is 2.11. The van der Waals surface area contributed by atoms with Crippen LogP contribution in [0.4, 0.5) is 5.69 Å². The van der Waals surface area contributed by atoms with Gasteiger partial charge in [0.1, 0.15) is 19.0 Å². The van der Waals surface area contributed by atoms with Gasteiger partial charge in [-0.25, -0.2) is 0 Å². The summed E-state index contributed by atoms with van der Waals surface area (Å²) in [6.07, 6.45) is 0. The molecule has 1 heterocycles. The van der Waals surface area contributed by atoms with Crippen molar-refractivity contribution in [3.8, 4) is 17.6 Å². The van der Waals surface area contributed by atoms with E-state index in [1.54, 1.807) is 0 Å². The van der Waals surface area contributed by atoms with Gasteiger partial charge in [-0.2, -0.15) is 0 Å². The fourth-order valence-electron chi connectivity index (χ4n) is 1.53. The molecular formula is C14H10ClNO4S. The second kappa shape index (κ2) is 7.09. The van der Waals surface area contributed by atoms with E-state index in [2.05, 4.69) is 11.8 Å². The van der Waals surface area contributed by atoms with Gasteiger partial charge in [0.25, 0.3) is 5.69 Å². The maximum atomic E-state index is 10.7. The average molecular weight is 324 g/mol. The molecular weight excluding hydrogens is 314 g/mol. The molecule has 0 fully saturated rings. The zero-order valence-corrected chi connectivity index (χ0v) is 12.3. The van der Waals surface area contributed by atoms with E-state index in [4.69, 9.17) is 21.4 Å². The molecule has 1 aromatic carbocycles. The summed E-state index contributed by atoms with van der Waals surface area (Å²) in [7, 11) is 0. The van der Waals surface area contributed by atoms with Crippen molar-refractivity contribution in [1.82, 2.24) is 0 Å². The average Bonchev–Trinajstić information content (AvgIpc) is 2.92. The molecule has 7 heteroatoms. The van der Waals surface area contributed by atoms with Gasteiger partial charge < -0.3 is 9.84 Å². The second-order valence-electron chi connectivity index (χ2n) is 3.92. The van der Waals surface area contributed by atoms with Gasteiger partial charge in [0, 0.05) is 21.9 Å². The van der Waals surface area contributed by atoms with Crippen molar-refractivity contribution < 1.29 is 14.8 Å². The number of thiophene rings is 1. The molecule has 5 nitrogen and oxygen atoms in total. The highest BCUT2D eigenvalue weighted by molar-refractivity contribution is 7.10. The Balaban J connectivity index is 2.07. The molecule has 0 aliphatic rings. The number of aliphatic hydroxyl groups excluding tert-OH is 1. The van der Waals surface area contributed by atoms with Crippen molar-refractivity contribution in [2.24, 2.45) is 0 Å². The van der Waals surface area contributed by atoms with Gasteiger partial charge in [-0.15, -0.1) is 11.3 Å². The zero-order valence-electron chi connectivity index (χ0n) is 10.7. The number of hydrogen-bond donors (Lipinski definition) is 1. The van der Waals surface area contributed by atoms with E-state index in [0.29, 0.717) is 5.02 Å². The number of aliphatic hydroxyl groups is 1. The number of nitrogens with zero attached hydrogens (tertiary/aromatic N) is 1. The number of nitro benzene ring substituents is 1. The molecule has 21 heavy (non-hydrogen) atoms. The van der Waals surface area contributed by atoms with E-state index in [9.17, 15) is 10.1 Å². The number of nitro groups is 1.